The Labute approximate surface area is 104 Å². The molecule has 0 saturated heterocycles. The molecular weight excluding hydrogens is 216 g/mol. The first-order chi connectivity index (χ1) is 8.06. The molecule has 0 aliphatic carbocycles. The largest absolute Gasteiger partial charge is 0.466 e. The molecule has 0 spiro atoms. The minimum absolute atomic E-state index is 0.230. The zero-order chi connectivity index (χ0) is 13.1. The van der Waals surface area contributed by atoms with Gasteiger partial charge in [-0.1, -0.05) is 35.4 Å². The van der Waals surface area contributed by atoms with E-state index in [-0.39, 0.29) is 5.97 Å². The molecule has 0 aliphatic heterocycles. The number of rotatable bonds is 4. The van der Waals surface area contributed by atoms with Gasteiger partial charge in [-0.25, -0.2) is 0 Å². The van der Waals surface area contributed by atoms with Gasteiger partial charge in [0.05, 0.1) is 6.61 Å². The molecule has 1 rings (SSSR count). The topological polar surface area (TPSA) is 35.5 Å². The average molecular weight is 238 g/mol. The Hall–Kier alpha value is -1.35. The SMILES string of the molecule is COCCCOC(C)=O.Cc1ccc(C)cc1. The highest BCUT2D eigenvalue weighted by Crippen LogP contribution is 1.99. The summed E-state index contributed by atoms with van der Waals surface area (Å²) in [5.41, 5.74) is 2.66. The van der Waals surface area contributed by atoms with Crippen LogP contribution in [-0.4, -0.2) is 26.3 Å². The fraction of sp³-hybridized carbons (Fsp3) is 0.500. The summed E-state index contributed by atoms with van der Waals surface area (Å²) in [7, 11) is 1.62. The third-order valence-electron chi connectivity index (χ3n) is 2.02. The molecule has 0 radical (unpaired) electrons. The number of ether oxygens (including phenoxy) is 2. The van der Waals surface area contributed by atoms with Gasteiger partial charge in [0.2, 0.25) is 0 Å². The van der Waals surface area contributed by atoms with Crippen LogP contribution in [0.1, 0.15) is 24.5 Å². The van der Waals surface area contributed by atoms with Crippen molar-refractivity contribution in [3.05, 3.63) is 35.4 Å². The first-order valence-electron chi connectivity index (χ1n) is 5.72. The lowest BCUT2D eigenvalue weighted by Gasteiger charge is -1.98. The molecule has 0 amide bonds. The van der Waals surface area contributed by atoms with E-state index in [4.69, 9.17) is 4.74 Å². The minimum atomic E-state index is -0.230. The van der Waals surface area contributed by atoms with E-state index < -0.39 is 0 Å². The molecule has 1 aromatic rings. The lowest BCUT2D eigenvalue weighted by atomic mass is 10.2. The number of esters is 1. The summed E-state index contributed by atoms with van der Waals surface area (Å²) < 4.78 is 9.36. The summed E-state index contributed by atoms with van der Waals surface area (Å²) >= 11 is 0. The van der Waals surface area contributed by atoms with Crippen molar-refractivity contribution in [2.45, 2.75) is 27.2 Å². The summed E-state index contributed by atoms with van der Waals surface area (Å²) in [5.74, 6) is -0.230. The highest BCUT2D eigenvalue weighted by Gasteiger charge is 1.90. The standard InChI is InChI=1S/C8H10.C6H12O3/c1-7-3-5-8(2)6-4-7;1-6(7)9-5-3-4-8-2/h3-6H,1-2H3;3-5H2,1-2H3. The number of carbonyl (C=O) groups excluding carboxylic acids is 1. The van der Waals surface area contributed by atoms with E-state index in [0.29, 0.717) is 13.2 Å². The second-order valence-electron chi connectivity index (χ2n) is 3.84. The zero-order valence-electron chi connectivity index (χ0n) is 11.2. The van der Waals surface area contributed by atoms with E-state index in [2.05, 4.69) is 42.8 Å². The first kappa shape index (κ1) is 15.7. The second-order valence-corrected chi connectivity index (χ2v) is 3.84. The monoisotopic (exact) mass is 238 g/mol. The predicted octanol–water partition coefficient (Wildman–Crippen LogP) is 2.89. The van der Waals surface area contributed by atoms with Gasteiger partial charge in [-0.3, -0.25) is 4.79 Å². The number of aryl methyl sites for hydroxylation is 2. The summed E-state index contributed by atoms with van der Waals surface area (Å²) in [6, 6.07) is 8.48. The lowest BCUT2D eigenvalue weighted by Crippen LogP contribution is -2.02. The molecule has 0 aliphatic rings. The Morgan fingerprint density at radius 1 is 1.06 bits per heavy atom. The van der Waals surface area contributed by atoms with Crippen LogP contribution in [0.25, 0.3) is 0 Å². The van der Waals surface area contributed by atoms with E-state index in [9.17, 15) is 4.79 Å². The summed E-state index contributed by atoms with van der Waals surface area (Å²) in [4.78, 5) is 10.1. The quantitative estimate of drug-likeness (QED) is 0.597. The van der Waals surface area contributed by atoms with Crippen LogP contribution in [0.4, 0.5) is 0 Å². The van der Waals surface area contributed by atoms with Crippen LogP contribution in [0.2, 0.25) is 0 Å². The number of methoxy groups -OCH3 is 1. The summed E-state index contributed by atoms with van der Waals surface area (Å²) in [6.45, 7) is 6.70. The molecule has 96 valence electrons. The fourth-order valence-corrected chi connectivity index (χ4v) is 1.06. The van der Waals surface area contributed by atoms with Crippen molar-refractivity contribution in [1.82, 2.24) is 0 Å². The van der Waals surface area contributed by atoms with E-state index in [0.717, 1.165) is 6.42 Å². The van der Waals surface area contributed by atoms with Gasteiger partial charge in [0.15, 0.2) is 0 Å². The van der Waals surface area contributed by atoms with Crippen molar-refractivity contribution in [3.8, 4) is 0 Å². The highest BCUT2D eigenvalue weighted by atomic mass is 16.5. The van der Waals surface area contributed by atoms with Crippen LogP contribution >= 0.6 is 0 Å². The maximum absolute atomic E-state index is 10.1. The van der Waals surface area contributed by atoms with Gasteiger partial charge in [0.1, 0.15) is 0 Å². The van der Waals surface area contributed by atoms with E-state index in [1.165, 1.54) is 18.1 Å². The summed E-state index contributed by atoms with van der Waals surface area (Å²) in [5, 5.41) is 0. The molecule has 1 aromatic carbocycles. The number of hydrogen-bond acceptors (Lipinski definition) is 3. The third kappa shape index (κ3) is 10.9. The number of hydrogen-bond donors (Lipinski definition) is 0. The second kappa shape index (κ2) is 9.85. The number of benzene rings is 1. The lowest BCUT2D eigenvalue weighted by molar-refractivity contribution is -0.141. The Morgan fingerprint density at radius 2 is 1.53 bits per heavy atom. The normalized spacial score (nSPS) is 9.18. The van der Waals surface area contributed by atoms with Crippen molar-refractivity contribution in [2.24, 2.45) is 0 Å². The van der Waals surface area contributed by atoms with Gasteiger partial charge in [-0.15, -0.1) is 0 Å². The molecular formula is C14H22O3. The van der Waals surface area contributed by atoms with Crippen molar-refractivity contribution in [1.29, 1.82) is 0 Å². The van der Waals surface area contributed by atoms with Crippen LogP contribution in [0.3, 0.4) is 0 Å². The molecule has 17 heavy (non-hydrogen) atoms. The average Bonchev–Trinajstić information content (AvgIpc) is 2.29. The Morgan fingerprint density at radius 3 is 1.88 bits per heavy atom. The van der Waals surface area contributed by atoms with Crippen molar-refractivity contribution in [3.63, 3.8) is 0 Å². The maximum Gasteiger partial charge on any atom is 0.302 e. The molecule has 0 saturated carbocycles. The molecule has 0 unspecified atom stereocenters. The zero-order valence-corrected chi connectivity index (χ0v) is 11.2. The minimum Gasteiger partial charge on any atom is -0.466 e. The number of carbonyl (C=O) groups is 1. The smallest absolute Gasteiger partial charge is 0.302 e. The molecule has 0 bridgehead atoms. The Balaban J connectivity index is 0.000000302. The van der Waals surface area contributed by atoms with E-state index in [1.54, 1.807) is 7.11 Å². The molecule has 0 heterocycles. The van der Waals surface area contributed by atoms with Crippen molar-refractivity contribution < 1.29 is 14.3 Å². The van der Waals surface area contributed by atoms with Crippen molar-refractivity contribution in [2.75, 3.05) is 20.3 Å². The van der Waals surface area contributed by atoms with Gasteiger partial charge in [0, 0.05) is 27.1 Å². The Kier molecular flexibility index (Phi) is 9.06. The molecule has 0 N–H and O–H groups in total. The van der Waals surface area contributed by atoms with Crippen LogP contribution in [-0.2, 0) is 14.3 Å². The van der Waals surface area contributed by atoms with Crippen molar-refractivity contribution >= 4 is 5.97 Å². The van der Waals surface area contributed by atoms with Gasteiger partial charge < -0.3 is 9.47 Å². The van der Waals surface area contributed by atoms with Gasteiger partial charge in [-0.05, 0) is 13.8 Å². The predicted molar refractivity (Wildman–Crippen MR) is 69.0 cm³/mol. The fourth-order valence-electron chi connectivity index (χ4n) is 1.06. The summed E-state index contributed by atoms with van der Waals surface area (Å²) in [6.07, 6.45) is 0.774. The van der Waals surface area contributed by atoms with Crippen LogP contribution < -0.4 is 0 Å². The van der Waals surface area contributed by atoms with Crippen LogP contribution in [0, 0.1) is 13.8 Å². The van der Waals surface area contributed by atoms with Crippen LogP contribution in [0.5, 0.6) is 0 Å². The highest BCUT2D eigenvalue weighted by molar-refractivity contribution is 5.65. The molecule has 3 heteroatoms. The molecule has 3 nitrogen and oxygen atoms in total. The van der Waals surface area contributed by atoms with Gasteiger partial charge in [0.25, 0.3) is 0 Å². The van der Waals surface area contributed by atoms with E-state index >= 15 is 0 Å². The molecule has 0 fully saturated rings. The third-order valence-corrected chi connectivity index (χ3v) is 2.02. The van der Waals surface area contributed by atoms with Gasteiger partial charge in [-0.2, -0.15) is 0 Å². The van der Waals surface area contributed by atoms with Gasteiger partial charge >= 0.3 is 5.97 Å². The Bertz CT molecular complexity index is 283. The van der Waals surface area contributed by atoms with Crippen LogP contribution in [0.15, 0.2) is 24.3 Å². The molecule has 0 aromatic heterocycles. The molecule has 0 atom stereocenters. The van der Waals surface area contributed by atoms with E-state index in [1.807, 2.05) is 0 Å². The maximum atomic E-state index is 10.1. The first-order valence-corrected chi connectivity index (χ1v) is 5.72.